The highest BCUT2D eigenvalue weighted by Gasteiger charge is 2.44. The first-order valence-electron chi connectivity index (χ1n) is 10.6. The lowest BCUT2D eigenvalue weighted by Gasteiger charge is -2.35. The third-order valence-electron chi connectivity index (χ3n) is 7.31. The number of nitrogens with one attached hydrogen (secondary N) is 1. The maximum atomic E-state index is 13.7. The van der Waals surface area contributed by atoms with Crippen molar-refractivity contribution in [3.63, 3.8) is 0 Å². The number of anilines is 2. The molecule has 2 fully saturated rings. The van der Waals surface area contributed by atoms with Gasteiger partial charge in [0.15, 0.2) is 0 Å². The highest BCUT2D eigenvalue weighted by atomic mass is 19.1. The van der Waals surface area contributed by atoms with E-state index in [9.17, 15) is 4.39 Å². The molecule has 4 heteroatoms. The Labute approximate surface area is 165 Å². The number of benzene rings is 2. The zero-order valence-corrected chi connectivity index (χ0v) is 16.2. The van der Waals surface area contributed by atoms with Crippen LogP contribution in [-0.2, 0) is 13.0 Å². The Morgan fingerprint density at radius 1 is 0.857 bits per heavy atom. The Morgan fingerprint density at radius 2 is 1.71 bits per heavy atom. The van der Waals surface area contributed by atoms with Crippen LogP contribution >= 0.6 is 0 Å². The van der Waals surface area contributed by atoms with Crippen LogP contribution in [0.4, 0.5) is 15.8 Å². The average molecular weight is 375 g/mol. The van der Waals surface area contributed by atoms with E-state index in [1.807, 2.05) is 12.3 Å². The van der Waals surface area contributed by atoms with Crippen LogP contribution in [-0.4, -0.2) is 24.6 Å². The van der Waals surface area contributed by atoms with Crippen LogP contribution in [0.25, 0.3) is 10.9 Å². The highest BCUT2D eigenvalue weighted by Crippen LogP contribution is 2.54. The van der Waals surface area contributed by atoms with Gasteiger partial charge in [-0.3, -0.25) is 0 Å². The van der Waals surface area contributed by atoms with Gasteiger partial charge in [0.25, 0.3) is 0 Å². The Bertz CT molecular complexity index is 1040. The van der Waals surface area contributed by atoms with Crippen molar-refractivity contribution in [2.45, 2.75) is 38.6 Å². The molecule has 1 saturated heterocycles. The molecule has 3 aromatic rings. The number of rotatable bonds is 2. The summed E-state index contributed by atoms with van der Waals surface area (Å²) in [6.45, 7) is 4.29. The summed E-state index contributed by atoms with van der Waals surface area (Å²) < 4.78 is 13.7. The molecule has 1 N–H and O–H groups in total. The Hall–Kier alpha value is -2.49. The van der Waals surface area contributed by atoms with Crippen LogP contribution in [0.5, 0.6) is 0 Å². The molecule has 0 bridgehead atoms. The zero-order chi connectivity index (χ0) is 18.7. The van der Waals surface area contributed by atoms with E-state index in [2.05, 4.69) is 33.0 Å². The molecular formula is C24H26FN3. The number of halogens is 1. The van der Waals surface area contributed by atoms with Gasteiger partial charge >= 0.3 is 0 Å². The summed E-state index contributed by atoms with van der Waals surface area (Å²) in [4.78, 5) is 8.24. The average Bonchev–Trinajstić information content (AvgIpc) is 3.34. The van der Waals surface area contributed by atoms with Gasteiger partial charge in [0.1, 0.15) is 5.82 Å². The summed E-state index contributed by atoms with van der Waals surface area (Å²) in [5.41, 5.74) is 7.11. The summed E-state index contributed by atoms with van der Waals surface area (Å²) in [6.07, 6.45) is 8.72. The van der Waals surface area contributed by atoms with Crippen molar-refractivity contribution < 1.29 is 4.39 Å². The predicted molar refractivity (Wildman–Crippen MR) is 113 cm³/mol. The van der Waals surface area contributed by atoms with Crippen LogP contribution < -0.4 is 9.80 Å². The molecule has 28 heavy (non-hydrogen) atoms. The highest BCUT2D eigenvalue weighted by molar-refractivity contribution is 5.93. The number of hydrogen-bond acceptors (Lipinski definition) is 2. The van der Waals surface area contributed by atoms with Crippen molar-refractivity contribution in [1.82, 2.24) is 4.98 Å². The fourth-order valence-electron chi connectivity index (χ4n) is 5.20. The molecule has 1 aromatic heterocycles. The largest absolute Gasteiger partial charge is 0.371 e. The first kappa shape index (κ1) is 16.5. The fraction of sp³-hybridized carbons (Fsp3) is 0.417. The van der Waals surface area contributed by atoms with E-state index in [1.54, 1.807) is 6.07 Å². The maximum absolute atomic E-state index is 13.7. The Balaban J connectivity index is 1.24. The normalized spacial score (nSPS) is 20.6. The number of fused-ring (bicyclic) bond motifs is 2. The maximum Gasteiger partial charge on any atom is 0.124 e. The number of aromatic amines is 1. The monoisotopic (exact) mass is 375 g/mol. The van der Waals surface area contributed by atoms with E-state index in [1.165, 1.54) is 61.7 Å². The zero-order valence-electron chi connectivity index (χ0n) is 16.2. The van der Waals surface area contributed by atoms with Gasteiger partial charge in [-0.25, -0.2) is 4.39 Å². The molecule has 2 aliphatic heterocycles. The second-order valence-corrected chi connectivity index (χ2v) is 8.98. The van der Waals surface area contributed by atoms with Crippen molar-refractivity contribution in [2.24, 2.45) is 5.41 Å². The quantitative estimate of drug-likeness (QED) is 0.661. The van der Waals surface area contributed by atoms with E-state index in [0.29, 0.717) is 0 Å². The molecule has 1 spiro atoms. The first-order valence-corrected chi connectivity index (χ1v) is 10.6. The smallest absolute Gasteiger partial charge is 0.124 e. The van der Waals surface area contributed by atoms with E-state index in [4.69, 9.17) is 0 Å². The first-order chi connectivity index (χ1) is 13.7. The van der Waals surface area contributed by atoms with Crippen LogP contribution in [0.2, 0.25) is 0 Å². The van der Waals surface area contributed by atoms with Crippen LogP contribution in [0.15, 0.2) is 42.6 Å². The summed E-state index contributed by atoms with van der Waals surface area (Å²) in [6, 6.07) is 12.0. The Morgan fingerprint density at radius 3 is 2.54 bits per heavy atom. The van der Waals surface area contributed by atoms with Gasteiger partial charge in [-0.05, 0) is 79.0 Å². The van der Waals surface area contributed by atoms with Crippen molar-refractivity contribution in [3.8, 4) is 0 Å². The second kappa shape index (κ2) is 6.00. The van der Waals surface area contributed by atoms with Gasteiger partial charge in [0.05, 0.1) is 5.69 Å². The van der Waals surface area contributed by atoms with E-state index >= 15 is 0 Å². The number of nitrogens with zero attached hydrogens (tertiary/aromatic N) is 2. The molecule has 144 valence electrons. The van der Waals surface area contributed by atoms with Crippen LogP contribution in [0.3, 0.4) is 0 Å². The molecule has 0 amide bonds. The van der Waals surface area contributed by atoms with Gasteiger partial charge in [-0.15, -0.1) is 0 Å². The minimum absolute atomic E-state index is 0.176. The molecule has 6 rings (SSSR count). The molecule has 3 aliphatic rings. The number of H-pyrrole nitrogens is 1. The van der Waals surface area contributed by atoms with Crippen molar-refractivity contribution in [1.29, 1.82) is 0 Å². The number of aromatic nitrogens is 1. The van der Waals surface area contributed by atoms with Gasteiger partial charge in [0.2, 0.25) is 0 Å². The van der Waals surface area contributed by atoms with Gasteiger partial charge in [0, 0.05) is 49.0 Å². The van der Waals surface area contributed by atoms with E-state index in [-0.39, 0.29) is 5.82 Å². The molecular weight excluding hydrogens is 349 g/mol. The van der Waals surface area contributed by atoms with Gasteiger partial charge < -0.3 is 14.8 Å². The molecule has 0 unspecified atom stereocenters. The predicted octanol–water partition coefficient (Wildman–Crippen LogP) is 5.25. The van der Waals surface area contributed by atoms with Crippen molar-refractivity contribution >= 4 is 22.3 Å². The molecule has 3 nitrogen and oxygen atoms in total. The summed E-state index contributed by atoms with van der Waals surface area (Å²) in [7, 11) is 0. The summed E-state index contributed by atoms with van der Waals surface area (Å²) in [5, 5.41) is 0.974. The van der Waals surface area contributed by atoms with Gasteiger partial charge in [-0.2, -0.15) is 0 Å². The number of hydrogen-bond donors (Lipinski definition) is 1. The molecule has 3 heterocycles. The minimum Gasteiger partial charge on any atom is -0.371 e. The fourth-order valence-corrected chi connectivity index (χ4v) is 5.20. The minimum atomic E-state index is -0.176. The SMILES string of the molecule is Fc1ccc2[nH]cc(N3CCc4cc(N5CCC6(CC5)CC6)ccc4C3)c2c1. The molecule has 1 saturated carbocycles. The lowest BCUT2D eigenvalue weighted by atomic mass is 9.92. The second-order valence-electron chi connectivity index (χ2n) is 8.98. The van der Waals surface area contributed by atoms with Crippen LogP contribution in [0.1, 0.15) is 36.8 Å². The molecule has 2 aromatic carbocycles. The topological polar surface area (TPSA) is 22.3 Å². The molecule has 0 atom stereocenters. The third kappa shape index (κ3) is 2.69. The lowest BCUT2D eigenvalue weighted by Crippen LogP contribution is -2.35. The number of piperidine rings is 1. The van der Waals surface area contributed by atoms with E-state index < -0.39 is 0 Å². The van der Waals surface area contributed by atoms with Crippen molar-refractivity contribution in [2.75, 3.05) is 29.4 Å². The molecule has 0 radical (unpaired) electrons. The standard InChI is InChI=1S/C24H26FN3/c25-19-2-4-22-21(14-19)23(15-26-22)28-10-5-17-13-20(3-1-18(17)16-28)27-11-8-24(6-7-24)9-12-27/h1-4,13-15,26H,5-12,16H2. The van der Waals surface area contributed by atoms with Gasteiger partial charge in [-0.1, -0.05) is 6.07 Å². The third-order valence-corrected chi connectivity index (χ3v) is 7.31. The van der Waals surface area contributed by atoms with Crippen LogP contribution in [0, 0.1) is 11.2 Å². The summed E-state index contributed by atoms with van der Waals surface area (Å²) >= 11 is 0. The van der Waals surface area contributed by atoms with Crippen molar-refractivity contribution in [3.05, 3.63) is 59.5 Å². The lowest BCUT2D eigenvalue weighted by molar-refractivity contribution is 0.384. The Kier molecular flexibility index (Phi) is 3.53. The summed E-state index contributed by atoms with van der Waals surface area (Å²) in [5.74, 6) is -0.176. The van der Waals surface area contributed by atoms with E-state index in [0.717, 1.165) is 41.5 Å². The molecule has 1 aliphatic carbocycles.